The molecule has 0 amide bonds. The normalized spacial score (nSPS) is 34.2. The van der Waals surface area contributed by atoms with E-state index in [0.29, 0.717) is 18.1 Å². The van der Waals surface area contributed by atoms with Gasteiger partial charge in [-0.15, -0.1) is 0 Å². The Hall–Kier alpha value is 0.270. The number of thioether (sulfide) groups is 1. The van der Waals surface area contributed by atoms with Crippen molar-refractivity contribution in [2.75, 3.05) is 24.7 Å². The van der Waals surface area contributed by atoms with Crippen molar-refractivity contribution < 1.29 is 5.11 Å². The van der Waals surface area contributed by atoms with E-state index >= 15 is 0 Å². The molecular weight excluding hydrogens is 170 g/mol. The molecule has 0 saturated carbocycles. The minimum atomic E-state index is 0.319. The number of aliphatic hydroxyl groups is 1. The summed E-state index contributed by atoms with van der Waals surface area (Å²) >= 11 is 2.05. The van der Waals surface area contributed by atoms with Crippen LogP contribution in [0.3, 0.4) is 0 Å². The van der Waals surface area contributed by atoms with Gasteiger partial charge in [0.15, 0.2) is 0 Å². The van der Waals surface area contributed by atoms with E-state index in [1.54, 1.807) is 0 Å². The molecule has 12 heavy (non-hydrogen) atoms. The Kier molecular flexibility index (Phi) is 2.63. The standard InChI is InChI=1S/C9H17NOS/c11-7-8-1-4-10-9(8)2-5-12-6-3-9/h8,10-11H,1-7H2. The van der Waals surface area contributed by atoms with Crippen molar-refractivity contribution in [1.29, 1.82) is 0 Å². The Labute approximate surface area is 78.1 Å². The van der Waals surface area contributed by atoms with Crippen LogP contribution in [0.4, 0.5) is 0 Å². The second kappa shape index (κ2) is 3.56. The smallest absolute Gasteiger partial charge is 0.0477 e. The van der Waals surface area contributed by atoms with Crippen LogP contribution in [-0.2, 0) is 0 Å². The molecule has 2 fully saturated rings. The van der Waals surface area contributed by atoms with Crippen molar-refractivity contribution in [2.24, 2.45) is 5.92 Å². The van der Waals surface area contributed by atoms with Gasteiger partial charge >= 0.3 is 0 Å². The molecular formula is C9H17NOS. The molecule has 1 unspecified atom stereocenters. The van der Waals surface area contributed by atoms with Gasteiger partial charge < -0.3 is 10.4 Å². The van der Waals surface area contributed by atoms with E-state index in [0.717, 1.165) is 6.54 Å². The maximum Gasteiger partial charge on any atom is 0.0477 e. The van der Waals surface area contributed by atoms with Crippen LogP contribution in [0, 0.1) is 5.92 Å². The molecule has 70 valence electrons. The monoisotopic (exact) mass is 187 g/mol. The summed E-state index contributed by atoms with van der Waals surface area (Å²) in [4.78, 5) is 0. The first-order chi connectivity index (χ1) is 5.87. The number of nitrogens with one attached hydrogen (secondary N) is 1. The van der Waals surface area contributed by atoms with Crippen LogP contribution >= 0.6 is 11.8 Å². The molecule has 3 heteroatoms. The molecule has 0 aromatic carbocycles. The van der Waals surface area contributed by atoms with Crippen LogP contribution in [-0.4, -0.2) is 35.3 Å². The summed E-state index contributed by atoms with van der Waals surface area (Å²) in [6.45, 7) is 1.48. The molecule has 1 atom stereocenters. The van der Waals surface area contributed by atoms with Crippen LogP contribution in [0.2, 0.25) is 0 Å². The summed E-state index contributed by atoms with van der Waals surface area (Å²) in [5, 5.41) is 12.8. The molecule has 0 radical (unpaired) electrons. The van der Waals surface area contributed by atoms with Gasteiger partial charge in [-0.1, -0.05) is 0 Å². The summed E-state index contributed by atoms with van der Waals surface area (Å²) in [7, 11) is 0. The van der Waals surface area contributed by atoms with Crippen molar-refractivity contribution >= 4 is 11.8 Å². The summed E-state index contributed by atoms with van der Waals surface area (Å²) in [5.41, 5.74) is 0.319. The third kappa shape index (κ3) is 1.38. The topological polar surface area (TPSA) is 32.3 Å². The Morgan fingerprint density at radius 3 is 2.83 bits per heavy atom. The molecule has 0 aromatic rings. The van der Waals surface area contributed by atoms with Crippen LogP contribution in [0.1, 0.15) is 19.3 Å². The molecule has 0 aliphatic carbocycles. The summed E-state index contributed by atoms with van der Waals surface area (Å²) in [6.07, 6.45) is 3.67. The summed E-state index contributed by atoms with van der Waals surface area (Å²) in [6, 6.07) is 0. The highest BCUT2D eigenvalue weighted by Gasteiger charge is 2.42. The van der Waals surface area contributed by atoms with E-state index in [2.05, 4.69) is 5.32 Å². The molecule has 1 spiro atoms. The predicted octanol–water partition coefficient (Wildman–Crippen LogP) is 0.854. The van der Waals surface area contributed by atoms with Gasteiger partial charge in [0.1, 0.15) is 0 Å². The molecule has 2 saturated heterocycles. The highest BCUT2D eigenvalue weighted by atomic mass is 32.2. The Morgan fingerprint density at radius 2 is 2.17 bits per heavy atom. The number of hydrogen-bond donors (Lipinski definition) is 2. The minimum Gasteiger partial charge on any atom is -0.396 e. The van der Waals surface area contributed by atoms with E-state index < -0.39 is 0 Å². The fraction of sp³-hybridized carbons (Fsp3) is 1.00. The second-order valence-corrected chi connectivity index (χ2v) is 5.09. The zero-order valence-corrected chi connectivity index (χ0v) is 8.20. The molecule has 2 nitrogen and oxygen atoms in total. The van der Waals surface area contributed by atoms with Crippen LogP contribution < -0.4 is 5.32 Å². The highest BCUT2D eigenvalue weighted by Crippen LogP contribution is 2.37. The SMILES string of the molecule is OCC1CCNC12CCSCC2. The Morgan fingerprint density at radius 1 is 1.42 bits per heavy atom. The van der Waals surface area contributed by atoms with Gasteiger partial charge in [0.05, 0.1) is 0 Å². The van der Waals surface area contributed by atoms with E-state index in [4.69, 9.17) is 0 Å². The van der Waals surface area contributed by atoms with Gasteiger partial charge in [0.2, 0.25) is 0 Å². The van der Waals surface area contributed by atoms with Crippen molar-refractivity contribution in [3.05, 3.63) is 0 Å². The third-order valence-corrected chi connectivity index (χ3v) is 4.34. The van der Waals surface area contributed by atoms with Crippen LogP contribution in [0.15, 0.2) is 0 Å². The van der Waals surface area contributed by atoms with Gasteiger partial charge in [-0.05, 0) is 37.3 Å². The van der Waals surface area contributed by atoms with Crippen molar-refractivity contribution in [3.63, 3.8) is 0 Å². The fourth-order valence-corrected chi connectivity index (χ4v) is 3.72. The van der Waals surface area contributed by atoms with E-state index in [1.807, 2.05) is 11.8 Å². The van der Waals surface area contributed by atoms with Gasteiger partial charge in [-0.2, -0.15) is 11.8 Å². The molecule has 2 N–H and O–H groups in total. The second-order valence-electron chi connectivity index (χ2n) is 3.86. The molecule has 0 bridgehead atoms. The average molecular weight is 187 g/mol. The van der Waals surface area contributed by atoms with Gasteiger partial charge in [0, 0.05) is 18.1 Å². The first-order valence-corrected chi connectivity index (χ1v) is 5.96. The predicted molar refractivity (Wildman–Crippen MR) is 52.5 cm³/mol. The van der Waals surface area contributed by atoms with Gasteiger partial charge in [0.25, 0.3) is 0 Å². The first kappa shape index (κ1) is 8.85. The van der Waals surface area contributed by atoms with Crippen LogP contribution in [0.25, 0.3) is 0 Å². The molecule has 2 heterocycles. The number of hydrogen-bond acceptors (Lipinski definition) is 3. The lowest BCUT2D eigenvalue weighted by molar-refractivity contribution is 0.153. The molecule has 2 aliphatic rings. The summed E-state index contributed by atoms with van der Waals surface area (Å²) < 4.78 is 0. The molecule has 2 rings (SSSR count). The van der Waals surface area contributed by atoms with E-state index in [-0.39, 0.29) is 0 Å². The van der Waals surface area contributed by atoms with Crippen molar-refractivity contribution in [2.45, 2.75) is 24.8 Å². The molecule has 2 aliphatic heterocycles. The van der Waals surface area contributed by atoms with Gasteiger partial charge in [-0.3, -0.25) is 0 Å². The lowest BCUT2D eigenvalue weighted by Crippen LogP contribution is -2.48. The van der Waals surface area contributed by atoms with E-state index in [9.17, 15) is 5.11 Å². The maximum absolute atomic E-state index is 9.24. The van der Waals surface area contributed by atoms with E-state index in [1.165, 1.54) is 30.8 Å². The third-order valence-electron chi connectivity index (χ3n) is 3.36. The minimum absolute atomic E-state index is 0.319. The first-order valence-electron chi connectivity index (χ1n) is 4.81. The lowest BCUT2D eigenvalue weighted by atomic mass is 9.81. The fourth-order valence-electron chi connectivity index (χ4n) is 2.50. The Balaban J connectivity index is 2.05. The van der Waals surface area contributed by atoms with Crippen molar-refractivity contribution in [1.82, 2.24) is 5.32 Å². The average Bonchev–Trinajstić information content (AvgIpc) is 2.49. The number of aliphatic hydroxyl groups excluding tert-OH is 1. The zero-order chi connectivity index (χ0) is 8.44. The van der Waals surface area contributed by atoms with Crippen LogP contribution in [0.5, 0.6) is 0 Å². The highest BCUT2D eigenvalue weighted by molar-refractivity contribution is 7.99. The largest absolute Gasteiger partial charge is 0.396 e. The maximum atomic E-state index is 9.24. The Bertz CT molecular complexity index is 157. The lowest BCUT2D eigenvalue weighted by Gasteiger charge is -2.38. The quantitative estimate of drug-likeness (QED) is 0.638. The summed E-state index contributed by atoms with van der Waals surface area (Å²) in [5.74, 6) is 3.06. The number of rotatable bonds is 1. The zero-order valence-electron chi connectivity index (χ0n) is 7.38. The molecule has 0 aromatic heterocycles. The van der Waals surface area contributed by atoms with Gasteiger partial charge in [-0.25, -0.2) is 0 Å². The van der Waals surface area contributed by atoms with Crippen molar-refractivity contribution in [3.8, 4) is 0 Å².